The fraction of sp³-hybridized carbons (Fsp3) is 0.250. The summed E-state index contributed by atoms with van der Waals surface area (Å²) in [6.07, 6.45) is 2.45. The Kier molecular flexibility index (Phi) is 3.73. The number of carbonyl (C=O) groups excluding carboxylic acids is 1. The predicted molar refractivity (Wildman–Crippen MR) is 74.6 cm³/mol. The molecule has 0 aliphatic carbocycles. The summed E-state index contributed by atoms with van der Waals surface area (Å²) in [6, 6.07) is 4.51. The maximum absolute atomic E-state index is 13.8. The van der Waals surface area contributed by atoms with E-state index in [4.69, 9.17) is 11.6 Å². The normalized spacial score (nSPS) is 20.5. The number of hydrogen-bond donors (Lipinski definition) is 0. The number of allylic oxidation sites excluding steroid dienone is 1. The van der Waals surface area contributed by atoms with E-state index in [0.29, 0.717) is 22.7 Å². The molecule has 1 aromatic carbocycles. The molecule has 1 aliphatic heterocycles. The van der Waals surface area contributed by atoms with Crippen LogP contribution in [0.3, 0.4) is 0 Å². The summed E-state index contributed by atoms with van der Waals surface area (Å²) in [7, 11) is 1.64. The molecule has 0 saturated carbocycles. The number of carbonyl (C=O) groups is 1. The first-order valence-corrected chi connectivity index (χ1v) is 6.71. The van der Waals surface area contributed by atoms with E-state index in [-0.39, 0.29) is 9.83 Å². The molecular weight excluding hydrogens is 355 g/mol. The Morgan fingerprint density at radius 3 is 2.88 bits per heavy atom. The first-order chi connectivity index (χ1) is 8.02. The Hall–Kier alpha value is -0.620. The van der Waals surface area contributed by atoms with Crippen molar-refractivity contribution in [3.05, 3.63) is 40.7 Å². The van der Waals surface area contributed by atoms with Crippen LogP contribution in [0.25, 0.3) is 5.70 Å². The third-order valence-corrected chi connectivity index (χ3v) is 4.05. The zero-order valence-electron chi connectivity index (χ0n) is 9.08. The highest BCUT2D eigenvalue weighted by molar-refractivity contribution is 14.1. The van der Waals surface area contributed by atoms with Crippen LogP contribution in [0.2, 0.25) is 5.02 Å². The van der Waals surface area contributed by atoms with E-state index in [1.54, 1.807) is 19.2 Å². The van der Waals surface area contributed by atoms with Crippen LogP contribution in [0.4, 0.5) is 4.39 Å². The van der Waals surface area contributed by atoms with Crippen LogP contribution in [0.5, 0.6) is 0 Å². The van der Waals surface area contributed by atoms with Crippen LogP contribution in [0.1, 0.15) is 12.0 Å². The summed E-state index contributed by atoms with van der Waals surface area (Å²) >= 11 is 8.07. The predicted octanol–water partition coefficient (Wildman–Crippen LogP) is 3.49. The quantitative estimate of drug-likeness (QED) is 0.551. The molecule has 0 spiro atoms. The zero-order chi connectivity index (χ0) is 12.6. The standard InChI is InChI=1S/C12H10ClFINO/c1-16-10(6-5-9(15)12(16)17)11-7(13)3-2-4-8(11)14/h2-4,6,9H,5H2,1H3. The average Bonchev–Trinajstić information content (AvgIpc) is 2.29. The molecule has 1 heterocycles. The van der Waals surface area contributed by atoms with Crippen LogP contribution < -0.4 is 0 Å². The van der Waals surface area contributed by atoms with Gasteiger partial charge in [0.15, 0.2) is 0 Å². The molecular formula is C12H10ClFINO. The van der Waals surface area contributed by atoms with Crippen molar-refractivity contribution in [2.75, 3.05) is 7.05 Å². The molecule has 0 saturated heterocycles. The Morgan fingerprint density at radius 2 is 2.24 bits per heavy atom. The molecule has 17 heavy (non-hydrogen) atoms. The monoisotopic (exact) mass is 365 g/mol. The molecule has 0 N–H and O–H groups in total. The van der Waals surface area contributed by atoms with Gasteiger partial charge in [-0.2, -0.15) is 0 Å². The Bertz CT molecular complexity index is 483. The second-order valence-electron chi connectivity index (χ2n) is 3.79. The molecule has 0 fully saturated rings. The zero-order valence-corrected chi connectivity index (χ0v) is 12.0. The Morgan fingerprint density at radius 1 is 1.53 bits per heavy atom. The highest BCUT2D eigenvalue weighted by atomic mass is 127. The van der Waals surface area contributed by atoms with E-state index in [9.17, 15) is 9.18 Å². The van der Waals surface area contributed by atoms with E-state index in [1.165, 1.54) is 11.0 Å². The Balaban J connectivity index is 2.51. The average molecular weight is 366 g/mol. The molecule has 5 heteroatoms. The maximum atomic E-state index is 13.8. The van der Waals surface area contributed by atoms with Crippen molar-refractivity contribution < 1.29 is 9.18 Å². The molecule has 1 unspecified atom stereocenters. The topological polar surface area (TPSA) is 20.3 Å². The van der Waals surface area contributed by atoms with Gasteiger partial charge in [0.2, 0.25) is 5.91 Å². The molecule has 0 bridgehead atoms. The lowest BCUT2D eigenvalue weighted by atomic mass is 10.0. The number of hydrogen-bond acceptors (Lipinski definition) is 1. The van der Waals surface area contributed by atoms with Gasteiger partial charge in [-0.25, -0.2) is 4.39 Å². The number of alkyl halides is 1. The molecule has 1 atom stereocenters. The second-order valence-corrected chi connectivity index (χ2v) is 5.70. The summed E-state index contributed by atoms with van der Waals surface area (Å²) in [5, 5.41) is 0.322. The van der Waals surface area contributed by atoms with Gasteiger partial charge >= 0.3 is 0 Å². The van der Waals surface area contributed by atoms with Crippen molar-refractivity contribution in [3.8, 4) is 0 Å². The van der Waals surface area contributed by atoms with E-state index in [2.05, 4.69) is 22.6 Å². The summed E-state index contributed by atoms with van der Waals surface area (Å²) in [6.45, 7) is 0. The third-order valence-electron chi connectivity index (χ3n) is 2.70. The van der Waals surface area contributed by atoms with Gasteiger partial charge in [-0.15, -0.1) is 0 Å². The lowest BCUT2D eigenvalue weighted by molar-refractivity contribution is -0.126. The fourth-order valence-corrected chi connectivity index (χ4v) is 2.73. The SMILES string of the molecule is CN1C(=O)C(I)CC=C1c1c(F)cccc1Cl. The minimum Gasteiger partial charge on any atom is -0.314 e. The van der Waals surface area contributed by atoms with Crippen molar-refractivity contribution in [2.45, 2.75) is 10.3 Å². The van der Waals surface area contributed by atoms with E-state index < -0.39 is 5.82 Å². The molecule has 0 radical (unpaired) electrons. The van der Waals surface area contributed by atoms with Crippen LogP contribution in [-0.4, -0.2) is 21.8 Å². The second kappa shape index (κ2) is 4.94. The number of amides is 1. The van der Waals surface area contributed by atoms with Crippen LogP contribution >= 0.6 is 34.2 Å². The van der Waals surface area contributed by atoms with Gasteiger partial charge < -0.3 is 4.90 Å². The van der Waals surface area contributed by atoms with Crippen molar-refractivity contribution in [2.24, 2.45) is 0 Å². The highest BCUT2D eigenvalue weighted by Crippen LogP contribution is 2.33. The summed E-state index contributed by atoms with van der Waals surface area (Å²) < 4.78 is 13.7. The van der Waals surface area contributed by atoms with E-state index in [1.807, 2.05) is 6.08 Å². The van der Waals surface area contributed by atoms with E-state index >= 15 is 0 Å². The largest absolute Gasteiger partial charge is 0.314 e. The fourth-order valence-electron chi connectivity index (χ4n) is 1.79. The summed E-state index contributed by atoms with van der Waals surface area (Å²) in [5.41, 5.74) is 0.847. The van der Waals surface area contributed by atoms with Crippen molar-refractivity contribution >= 4 is 45.8 Å². The molecule has 1 aliphatic rings. The van der Waals surface area contributed by atoms with Gasteiger partial charge in [0.05, 0.1) is 20.2 Å². The maximum Gasteiger partial charge on any atom is 0.240 e. The summed E-state index contributed by atoms with van der Waals surface area (Å²) in [5.74, 6) is -0.433. The lowest BCUT2D eigenvalue weighted by Gasteiger charge is -2.28. The van der Waals surface area contributed by atoms with Gasteiger partial charge in [0.25, 0.3) is 0 Å². The summed E-state index contributed by atoms with van der Waals surface area (Å²) in [4.78, 5) is 13.3. The first kappa shape index (κ1) is 12.8. The van der Waals surface area contributed by atoms with Crippen molar-refractivity contribution in [1.82, 2.24) is 4.90 Å². The van der Waals surface area contributed by atoms with Crippen molar-refractivity contribution in [3.63, 3.8) is 0 Å². The molecule has 0 aromatic heterocycles. The molecule has 2 rings (SSSR count). The smallest absolute Gasteiger partial charge is 0.240 e. The Labute approximate surface area is 118 Å². The third kappa shape index (κ3) is 2.33. The number of halogens is 3. The lowest BCUT2D eigenvalue weighted by Crippen LogP contribution is -2.35. The molecule has 1 aromatic rings. The van der Waals surface area contributed by atoms with Crippen LogP contribution in [0.15, 0.2) is 24.3 Å². The van der Waals surface area contributed by atoms with Crippen LogP contribution in [0, 0.1) is 5.82 Å². The van der Waals surface area contributed by atoms with Gasteiger partial charge in [0.1, 0.15) is 5.82 Å². The minimum absolute atomic E-state index is 0.0255. The number of rotatable bonds is 1. The van der Waals surface area contributed by atoms with Crippen LogP contribution in [-0.2, 0) is 4.79 Å². The number of nitrogens with zero attached hydrogens (tertiary/aromatic N) is 1. The molecule has 1 amide bonds. The minimum atomic E-state index is -0.407. The van der Waals surface area contributed by atoms with Crippen molar-refractivity contribution in [1.29, 1.82) is 0 Å². The molecule has 90 valence electrons. The first-order valence-electron chi connectivity index (χ1n) is 5.08. The van der Waals surface area contributed by atoms with E-state index in [0.717, 1.165) is 0 Å². The van der Waals surface area contributed by atoms with Gasteiger partial charge in [-0.3, -0.25) is 4.79 Å². The van der Waals surface area contributed by atoms with Gasteiger partial charge in [0, 0.05) is 7.05 Å². The van der Waals surface area contributed by atoms with Gasteiger partial charge in [-0.1, -0.05) is 46.3 Å². The molecule has 2 nitrogen and oxygen atoms in total. The van der Waals surface area contributed by atoms with Gasteiger partial charge in [-0.05, 0) is 18.6 Å². The highest BCUT2D eigenvalue weighted by Gasteiger charge is 2.28. The number of benzene rings is 1.